The second kappa shape index (κ2) is 11.1. The molecule has 2 saturated heterocycles. The average molecular weight is 432 g/mol. The van der Waals surface area contributed by atoms with Crippen molar-refractivity contribution < 1.29 is 23.9 Å². The normalized spacial score (nSPS) is 19.5. The van der Waals surface area contributed by atoms with Crippen molar-refractivity contribution in [3.05, 3.63) is 35.4 Å². The summed E-state index contributed by atoms with van der Waals surface area (Å²) in [4.78, 5) is 39.8. The van der Waals surface area contributed by atoms with E-state index in [4.69, 9.17) is 9.47 Å². The summed E-state index contributed by atoms with van der Waals surface area (Å²) in [5, 5.41) is 3.44. The first kappa shape index (κ1) is 23.1. The molecule has 2 aliphatic heterocycles. The lowest BCUT2D eigenvalue weighted by Gasteiger charge is -2.39. The summed E-state index contributed by atoms with van der Waals surface area (Å²) in [5.74, 6) is -0.100. The van der Waals surface area contributed by atoms with Crippen LogP contribution in [0.15, 0.2) is 24.3 Å². The van der Waals surface area contributed by atoms with Crippen LogP contribution in [0.2, 0.25) is 0 Å². The van der Waals surface area contributed by atoms with E-state index >= 15 is 0 Å². The van der Waals surface area contributed by atoms with Crippen LogP contribution in [-0.2, 0) is 20.8 Å². The number of amides is 2. The van der Waals surface area contributed by atoms with Gasteiger partial charge in [-0.1, -0.05) is 12.1 Å². The number of nitrogens with one attached hydrogen (secondary N) is 1. The summed E-state index contributed by atoms with van der Waals surface area (Å²) in [6, 6.07) is 7.83. The average Bonchev–Trinajstić information content (AvgIpc) is 3.17. The van der Waals surface area contributed by atoms with Gasteiger partial charge in [-0.3, -0.25) is 4.79 Å². The lowest BCUT2D eigenvalue weighted by Crippen LogP contribution is -2.50. The number of hydrogen-bond donors (Lipinski definition) is 1. The van der Waals surface area contributed by atoms with Crippen molar-refractivity contribution in [3.63, 3.8) is 0 Å². The molecule has 170 valence electrons. The van der Waals surface area contributed by atoms with Gasteiger partial charge in [-0.25, -0.2) is 9.59 Å². The highest BCUT2D eigenvalue weighted by atomic mass is 16.6. The van der Waals surface area contributed by atoms with E-state index in [1.807, 2.05) is 19.1 Å². The third kappa shape index (κ3) is 5.97. The van der Waals surface area contributed by atoms with Gasteiger partial charge in [0.25, 0.3) is 0 Å². The van der Waals surface area contributed by atoms with Gasteiger partial charge in [0.15, 0.2) is 0 Å². The molecule has 2 aliphatic rings. The zero-order chi connectivity index (χ0) is 22.2. The summed E-state index contributed by atoms with van der Waals surface area (Å²) < 4.78 is 9.80. The van der Waals surface area contributed by atoms with E-state index in [1.54, 1.807) is 17.0 Å². The number of methoxy groups -OCH3 is 1. The first-order chi connectivity index (χ1) is 15.0. The van der Waals surface area contributed by atoms with Crippen LogP contribution in [0.3, 0.4) is 0 Å². The molecule has 0 aliphatic carbocycles. The van der Waals surface area contributed by atoms with E-state index < -0.39 is 0 Å². The Balaban J connectivity index is 1.43. The Hall–Kier alpha value is -2.61. The Bertz CT molecular complexity index is 759. The molecule has 1 aromatic rings. The van der Waals surface area contributed by atoms with Crippen LogP contribution in [0.5, 0.6) is 0 Å². The van der Waals surface area contributed by atoms with Crippen molar-refractivity contribution in [2.75, 3.05) is 33.4 Å². The molecule has 8 heteroatoms. The molecule has 1 atom stereocenters. The molecule has 3 rings (SSSR count). The Morgan fingerprint density at radius 1 is 1.13 bits per heavy atom. The Morgan fingerprint density at radius 2 is 1.84 bits per heavy atom. The van der Waals surface area contributed by atoms with Crippen LogP contribution in [0.1, 0.15) is 54.9 Å². The smallest absolute Gasteiger partial charge is 0.409 e. The topological polar surface area (TPSA) is 88.2 Å². The van der Waals surface area contributed by atoms with Crippen molar-refractivity contribution in [1.29, 1.82) is 0 Å². The number of benzene rings is 1. The molecular formula is C23H33N3O5. The molecule has 31 heavy (non-hydrogen) atoms. The predicted molar refractivity (Wildman–Crippen MR) is 116 cm³/mol. The first-order valence-corrected chi connectivity index (χ1v) is 11.1. The van der Waals surface area contributed by atoms with Gasteiger partial charge in [0.05, 0.1) is 19.3 Å². The Labute approximate surface area is 183 Å². The summed E-state index contributed by atoms with van der Waals surface area (Å²) >= 11 is 0. The third-order valence-electron chi connectivity index (χ3n) is 6.12. The van der Waals surface area contributed by atoms with E-state index in [0.29, 0.717) is 38.2 Å². The van der Waals surface area contributed by atoms with Crippen molar-refractivity contribution in [3.8, 4) is 0 Å². The number of hydrogen-bond acceptors (Lipinski definition) is 6. The van der Waals surface area contributed by atoms with E-state index in [9.17, 15) is 14.4 Å². The highest BCUT2D eigenvalue weighted by Gasteiger charge is 2.37. The van der Waals surface area contributed by atoms with Gasteiger partial charge in [0, 0.05) is 38.1 Å². The number of piperidine rings is 1. The quantitative estimate of drug-likeness (QED) is 0.503. The lowest BCUT2D eigenvalue weighted by molar-refractivity contribution is -0.132. The van der Waals surface area contributed by atoms with Crippen LogP contribution in [0, 0.1) is 0 Å². The third-order valence-corrected chi connectivity index (χ3v) is 6.12. The summed E-state index contributed by atoms with van der Waals surface area (Å²) in [6.45, 7) is 4.99. The number of nitrogens with zero attached hydrogens (tertiary/aromatic N) is 2. The summed E-state index contributed by atoms with van der Waals surface area (Å²) in [7, 11) is 1.37. The van der Waals surface area contributed by atoms with E-state index in [0.717, 1.165) is 37.8 Å². The van der Waals surface area contributed by atoms with Crippen molar-refractivity contribution >= 4 is 18.0 Å². The molecule has 0 bridgehead atoms. The maximum Gasteiger partial charge on any atom is 0.409 e. The first-order valence-electron chi connectivity index (χ1n) is 11.1. The van der Waals surface area contributed by atoms with Crippen LogP contribution in [-0.4, -0.2) is 73.2 Å². The van der Waals surface area contributed by atoms with Gasteiger partial charge >= 0.3 is 12.1 Å². The molecule has 0 radical (unpaired) electrons. The molecule has 0 aromatic heterocycles. The predicted octanol–water partition coefficient (Wildman–Crippen LogP) is 2.56. The van der Waals surface area contributed by atoms with Crippen LogP contribution in [0.4, 0.5) is 4.79 Å². The SMILES string of the molecule is CCOC(=O)N1CCC(N2C(=O)CCC2CCNCc2ccc(C(=O)OC)cc2)CC1. The second-order valence-corrected chi connectivity index (χ2v) is 8.06. The molecule has 8 nitrogen and oxygen atoms in total. The molecule has 0 spiro atoms. The number of rotatable bonds is 8. The fourth-order valence-corrected chi connectivity index (χ4v) is 4.47. The van der Waals surface area contributed by atoms with E-state index in [1.165, 1.54) is 7.11 Å². The Morgan fingerprint density at radius 3 is 2.48 bits per heavy atom. The lowest BCUT2D eigenvalue weighted by atomic mass is 10.0. The summed E-state index contributed by atoms with van der Waals surface area (Å²) in [6.07, 6.45) is 3.77. The fraction of sp³-hybridized carbons (Fsp3) is 0.609. The largest absolute Gasteiger partial charge is 0.465 e. The number of esters is 1. The highest BCUT2D eigenvalue weighted by Crippen LogP contribution is 2.28. The number of carbonyl (C=O) groups excluding carboxylic acids is 3. The molecule has 2 fully saturated rings. The maximum atomic E-state index is 12.5. The molecule has 1 aromatic carbocycles. The number of likely N-dealkylation sites (tertiary alicyclic amines) is 2. The monoisotopic (exact) mass is 431 g/mol. The number of ether oxygens (including phenoxy) is 2. The van der Waals surface area contributed by atoms with Crippen LogP contribution >= 0.6 is 0 Å². The maximum absolute atomic E-state index is 12.5. The van der Waals surface area contributed by atoms with E-state index in [2.05, 4.69) is 10.2 Å². The van der Waals surface area contributed by atoms with Crippen molar-refractivity contribution in [2.45, 2.75) is 57.7 Å². The molecule has 1 unspecified atom stereocenters. The minimum atomic E-state index is -0.335. The Kier molecular flexibility index (Phi) is 8.28. The molecular weight excluding hydrogens is 398 g/mol. The molecule has 2 amide bonds. The standard InChI is InChI=1S/C23H33N3O5/c1-3-31-23(29)25-14-11-20(12-15-25)26-19(8-9-21(26)27)10-13-24-16-17-4-6-18(7-5-17)22(28)30-2/h4-7,19-20,24H,3,8-16H2,1-2H3. The van der Waals surface area contributed by atoms with Gasteiger partial charge in [-0.2, -0.15) is 0 Å². The van der Waals surface area contributed by atoms with Crippen LogP contribution < -0.4 is 5.32 Å². The minimum absolute atomic E-state index is 0.205. The second-order valence-electron chi connectivity index (χ2n) is 8.06. The van der Waals surface area contributed by atoms with Crippen LogP contribution in [0.25, 0.3) is 0 Å². The molecule has 2 heterocycles. The zero-order valence-electron chi connectivity index (χ0n) is 18.5. The molecule has 1 N–H and O–H groups in total. The van der Waals surface area contributed by atoms with Gasteiger partial charge in [0.2, 0.25) is 5.91 Å². The van der Waals surface area contributed by atoms with E-state index in [-0.39, 0.29) is 30.1 Å². The number of carbonyl (C=O) groups is 3. The minimum Gasteiger partial charge on any atom is -0.465 e. The fourth-order valence-electron chi connectivity index (χ4n) is 4.47. The highest BCUT2D eigenvalue weighted by molar-refractivity contribution is 5.89. The molecule has 0 saturated carbocycles. The van der Waals surface area contributed by atoms with Gasteiger partial charge < -0.3 is 24.6 Å². The van der Waals surface area contributed by atoms with Crippen molar-refractivity contribution in [2.24, 2.45) is 0 Å². The van der Waals surface area contributed by atoms with Gasteiger partial charge in [0.1, 0.15) is 0 Å². The van der Waals surface area contributed by atoms with Crippen molar-refractivity contribution in [1.82, 2.24) is 15.1 Å². The summed E-state index contributed by atoms with van der Waals surface area (Å²) in [5.41, 5.74) is 1.64. The van der Waals surface area contributed by atoms with Gasteiger partial charge in [-0.05, 0) is 56.8 Å². The zero-order valence-corrected chi connectivity index (χ0v) is 18.5. The van der Waals surface area contributed by atoms with Gasteiger partial charge in [-0.15, -0.1) is 0 Å².